The van der Waals surface area contributed by atoms with Gasteiger partial charge in [0.1, 0.15) is 0 Å². The highest BCUT2D eigenvalue weighted by molar-refractivity contribution is 7.71. The molecule has 152 valence electrons. The zero-order valence-corrected chi connectivity index (χ0v) is 17.6. The molecule has 0 aliphatic heterocycles. The predicted octanol–water partition coefficient (Wildman–Crippen LogP) is 5.24. The van der Waals surface area contributed by atoms with Crippen molar-refractivity contribution in [1.82, 2.24) is 9.13 Å². The number of hydrogen-bond acceptors (Lipinski definition) is 5. The summed E-state index contributed by atoms with van der Waals surface area (Å²) in [5, 5.41) is 24.5. The molecule has 0 bridgehead atoms. The van der Waals surface area contributed by atoms with E-state index in [2.05, 4.69) is 49.8 Å². The van der Waals surface area contributed by atoms with Crippen molar-refractivity contribution >= 4 is 34.7 Å². The maximum absolute atomic E-state index is 8.99. The molecule has 1 aromatic heterocycles. The summed E-state index contributed by atoms with van der Waals surface area (Å²) in [5.74, 6) is 0. The smallest absolute Gasteiger partial charge is 0.180 e. The minimum atomic E-state index is 0.615. The van der Waals surface area contributed by atoms with Crippen molar-refractivity contribution in [2.45, 2.75) is 46.2 Å². The molecule has 7 heteroatoms. The fourth-order valence-corrected chi connectivity index (χ4v) is 3.77. The van der Waals surface area contributed by atoms with Crippen molar-refractivity contribution in [1.29, 1.82) is 0 Å². The second-order valence-electron chi connectivity index (χ2n) is 7.24. The average Bonchev–Trinajstić information content (AvgIpc) is 3.01. The van der Waals surface area contributed by atoms with Gasteiger partial charge in [-0.05, 0) is 55.7 Å². The lowest BCUT2D eigenvalue weighted by Crippen LogP contribution is -2.06. The first-order chi connectivity index (χ1) is 14.0. The molecule has 29 heavy (non-hydrogen) atoms. The van der Waals surface area contributed by atoms with Crippen LogP contribution < -0.4 is 0 Å². The second kappa shape index (κ2) is 9.52. The number of aryl methyl sites for hydroxylation is 2. The zero-order chi connectivity index (χ0) is 20.8. The van der Waals surface area contributed by atoms with E-state index in [9.17, 15) is 0 Å². The fraction of sp³-hybridized carbons (Fsp3) is 0.318. The Morgan fingerprint density at radius 3 is 2.00 bits per heavy atom. The lowest BCUT2D eigenvalue weighted by molar-refractivity contribution is 0.317. The summed E-state index contributed by atoms with van der Waals surface area (Å²) in [5.41, 5.74) is 5.91. The van der Waals surface area contributed by atoms with Gasteiger partial charge in [0, 0.05) is 25.9 Å². The molecule has 0 atom stereocenters. The standard InChI is InChI=1S/C22H26N4O2S/c1-16(23-27)10-12-25-20-9-8-19(14-18-6-4-3-5-7-18)15-21(20)26(22(25)29)13-11-17(2)24-28/h3-9,15,27-28H,10-14H2,1-2H3. The highest BCUT2D eigenvalue weighted by Gasteiger charge is 2.12. The largest absolute Gasteiger partial charge is 0.411 e. The van der Waals surface area contributed by atoms with Gasteiger partial charge >= 0.3 is 0 Å². The molecule has 0 spiro atoms. The first-order valence-corrected chi connectivity index (χ1v) is 10.0. The van der Waals surface area contributed by atoms with E-state index in [1.807, 2.05) is 18.2 Å². The minimum Gasteiger partial charge on any atom is -0.411 e. The van der Waals surface area contributed by atoms with Gasteiger partial charge in [-0.3, -0.25) is 0 Å². The van der Waals surface area contributed by atoms with Gasteiger partial charge in [-0.15, -0.1) is 0 Å². The normalized spacial score (nSPS) is 12.6. The summed E-state index contributed by atoms with van der Waals surface area (Å²) in [6.07, 6.45) is 2.08. The lowest BCUT2D eigenvalue weighted by Gasteiger charge is -2.06. The summed E-state index contributed by atoms with van der Waals surface area (Å²) < 4.78 is 4.89. The van der Waals surface area contributed by atoms with E-state index >= 15 is 0 Å². The molecule has 3 rings (SSSR count). The highest BCUT2D eigenvalue weighted by atomic mass is 32.1. The number of fused-ring (bicyclic) bond motifs is 1. The van der Waals surface area contributed by atoms with Crippen molar-refractivity contribution in [2.24, 2.45) is 10.3 Å². The Kier molecular flexibility index (Phi) is 6.82. The molecule has 2 aromatic carbocycles. The van der Waals surface area contributed by atoms with Crippen LogP contribution in [0.2, 0.25) is 0 Å². The van der Waals surface area contributed by atoms with Crippen molar-refractivity contribution < 1.29 is 10.4 Å². The third kappa shape index (κ3) is 4.92. The predicted molar refractivity (Wildman–Crippen MR) is 119 cm³/mol. The van der Waals surface area contributed by atoms with Crippen LogP contribution in [-0.2, 0) is 19.5 Å². The summed E-state index contributed by atoms with van der Waals surface area (Å²) in [7, 11) is 0. The molecule has 3 aromatic rings. The second-order valence-corrected chi connectivity index (χ2v) is 7.61. The van der Waals surface area contributed by atoms with Crippen LogP contribution in [0.15, 0.2) is 58.8 Å². The van der Waals surface area contributed by atoms with Gasteiger partial charge in [-0.2, -0.15) is 0 Å². The molecule has 0 amide bonds. The van der Waals surface area contributed by atoms with Crippen LogP contribution in [0.3, 0.4) is 0 Å². The molecule has 2 N–H and O–H groups in total. The van der Waals surface area contributed by atoms with E-state index < -0.39 is 0 Å². The van der Waals surface area contributed by atoms with Crippen LogP contribution in [0.1, 0.15) is 37.8 Å². The van der Waals surface area contributed by atoms with Gasteiger partial charge in [-0.25, -0.2) is 0 Å². The third-order valence-corrected chi connectivity index (χ3v) is 5.51. The molecular formula is C22H26N4O2S. The molecule has 1 heterocycles. The van der Waals surface area contributed by atoms with Crippen molar-refractivity contribution in [3.8, 4) is 0 Å². The van der Waals surface area contributed by atoms with Gasteiger partial charge in [0.15, 0.2) is 4.77 Å². The Labute approximate surface area is 175 Å². The number of nitrogens with zero attached hydrogens (tertiary/aromatic N) is 4. The lowest BCUT2D eigenvalue weighted by atomic mass is 10.0. The van der Waals surface area contributed by atoms with Crippen molar-refractivity contribution in [2.75, 3.05) is 0 Å². The van der Waals surface area contributed by atoms with Crippen LogP contribution in [0.4, 0.5) is 0 Å². The minimum absolute atomic E-state index is 0.615. The third-order valence-electron chi connectivity index (χ3n) is 5.07. The topological polar surface area (TPSA) is 75.0 Å². The Bertz CT molecular complexity index is 1100. The zero-order valence-electron chi connectivity index (χ0n) is 16.7. The first kappa shape index (κ1) is 20.8. The van der Waals surface area contributed by atoms with Gasteiger partial charge in [-0.1, -0.05) is 46.7 Å². The van der Waals surface area contributed by atoms with Gasteiger partial charge < -0.3 is 19.5 Å². The Morgan fingerprint density at radius 1 is 0.828 bits per heavy atom. The molecular weight excluding hydrogens is 384 g/mol. The molecule has 0 saturated heterocycles. The first-order valence-electron chi connectivity index (χ1n) is 9.64. The fourth-order valence-electron chi connectivity index (χ4n) is 3.39. The molecule has 0 fully saturated rings. The van der Waals surface area contributed by atoms with E-state index in [0.717, 1.165) is 17.5 Å². The number of rotatable bonds is 8. The molecule has 0 unspecified atom stereocenters. The maximum Gasteiger partial charge on any atom is 0.180 e. The highest BCUT2D eigenvalue weighted by Crippen LogP contribution is 2.23. The van der Waals surface area contributed by atoms with Crippen LogP contribution in [0.5, 0.6) is 0 Å². The van der Waals surface area contributed by atoms with Crippen molar-refractivity contribution in [3.05, 3.63) is 64.4 Å². The molecule has 0 aliphatic carbocycles. The van der Waals surface area contributed by atoms with Crippen molar-refractivity contribution in [3.63, 3.8) is 0 Å². The molecule has 0 aliphatic rings. The molecule has 6 nitrogen and oxygen atoms in total. The number of benzene rings is 2. The number of imidazole rings is 1. The number of aromatic nitrogens is 2. The summed E-state index contributed by atoms with van der Waals surface area (Å²) in [4.78, 5) is 0. The molecule has 0 radical (unpaired) electrons. The summed E-state index contributed by atoms with van der Waals surface area (Å²) >= 11 is 5.76. The number of hydrogen-bond donors (Lipinski definition) is 2. The van der Waals surface area contributed by atoms with Crippen LogP contribution in [0.25, 0.3) is 11.0 Å². The SMILES string of the molecule is CC(CCn1c(=S)n(CCC(C)=NO)c2cc(Cc3ccccc3)ccc21)=NO. The quantitative estimate of drug-likeness (QED) is 0.231. The molecule has 0 saturated carbocycles. The van der Waals surface area contributed by atoms with Gasteiger partial charge in [0.05, 0.1) is 22.5 Å². The van der Waals surface area contributed by atoms with E-state index in [1.54, 1.807) is 13.8 Å². The van der Waals surface area contributed by atoms with Crippen LogP contribution in [-0.4, -0.2) is 31.0 Å². The van der Waals surface area contributed by atoms with E-state index in [1.165, 1.54) is 11.1 Å². The van der Waals surface area contributed by atoms with Gasteiger partial charge in [0.25, 0.3) is 0 Å². The van der Waals surface area contributed by atoms with E-state index in [-0.39, 0.29) is 0 Å². The Balaban J connectivity index is 2.02. The Morgan fingerprint density at radius 2 is 1.41 bits per heavy atom. The van der Waals surface area contributed by atoms with Crippen LogP contribution >= 0.6 is 12.2 Å². The average molecular weight is 411 g/mol. The van der Waals surface area contributed by atoms with E-state index in [0.29, 0.717) is 42.1 Å². The number of oxime groups is 2. The van der Waals surface area contributed by atoms with Gasteiger partial charge in [0.2, 0.25) is 0 Å². The van der Waals surface area contributed by atoms with E-state index in [4.69, 9.17) is 22.6 Å². The summed E-state index contributed by atoms with van der Waals surface area (Å²) in [6.45, 7) is 4.87. The van der Waals surface area contributed by atoms with Crippen LogP contribution in [0, 0.1) is 4.77 Å². The Hall–Kier alpha value is -2.93. The monoisotopic (exact) mass is 410 g/mol. The maximum atomic E-state index is 8.99. The summed E-state index contributed by atoms with van der Waals surface area (Å²) in [6, 6.07) is 16.8.